The minimum absolute atomic E-state index is 0.161. The molecule has 4 heteroatoms. The molecule has 0 aliphatic rings. The second-order valence-corrected chi connectivity index (χ2v) is 8.82. The maximum absolute atomic E-state index is 11.6. The van der Waals surface area contributed by atoms with Crippen molar-refractivity contribution in [3.8, 4) is 0 Å². The summed E-state index contributed by atoms with van der Waals surface area (Å²) in [5.41, 5.74) is 1.00. The van der Waals surface area contributed by atoms with E-state index in [1.807, 2.05) is 6.92 Å². The van der Waals surface area contributed by atoms with E-state index in [-0.39, 0.29) is 6.61 Å². The zero-order valence-electron chi connectivity index (χ0n) is 18.4. The molecule has 0 bridgehead atoms. The Bertz CT molecular complexity index is 403. The van der Waals surface area contributed by atoms with Gasteiger partial charge in [-0.15, -0.1) is 0 Å². The monoisotopic (exact) mass is 384 g/mol. The summed E-state index contributed by atoms with van der Waals surface area (Å²) in [6, 6.07) is 0. The van der Waals surface area contributed by atoms with Crippen LogP contribution in [-0.4, -0.2) is 35.5 Å². The predicted octanol–water partition coefficient (Wildman–Crippen LogP) is 5.27. The number of allylic oxidation sites excluding steroid dienone is 1. The summed E-state index contributed by atoms with van der Waals surface area (Å²) < 4.78 is 4.88. The number of aliphatic hydroxyl groups is 2. The lowest BCUT2D eigenvalue weighted by Gasteiger charge is -2.15. The third-order valence-corrected chi connectivity index (χ3v) is 5.13. The number of carbonyl (C=O) groups excluding carboxylic acids is 1. The molecule has 0 aliphatic heterocycles. The Kier molecular flexibility index (Phi) is 15.6. The van der Waals surface area contributed by atoms with Crippen LogP contribution in [0.2, 0.25) is 0 Å². The molecule has 0 spiro atoms. The van der Waals surface area contributed by atoms with Crippen molar-refractivity contribution in [2.45, 2.75) is 98.5 Å². The van der Waals surface area contributed by atoms with Crippen molar-refractivity contribution in [2.75, 3.05) is 13.2 Å². The number of aliphatic hydroxyl groups excluding tert-OH is 2. The summed E-state index contributed by atoms with van der Waals surface area (Å²) in [5, 5.41) is 17.9. The van der Waals surface area contributed by atoms with E-state index in [0.29, 0.717) is 0 Å². The highest BCUT2D eigenvalue weighted by molar-refractivity contribution is 5.82. The van der Waals surface area contributed by atoms with Crippen molar-refractivity contribution in [3.05, 3.63) is 11.6 Å². The van der Waals surface area contributed by atoms with E-state index in [4.69, 9.17) is 14.9 Å². The fourth-order valence-corrected chi connectivity index (χ4v) is 3.25. The Labute approximate surface area is 167 Å². The van der Waals surface area contributed by atoms with Crippen LogP contribution in [0.3, 0.4) is 0 Å². The Balaban J connectivity index is 3.78. The van der Waals surface area contributed by atoms with E-state index in [9.17, 15) is 4.79 Å². The molecule has 0 saturated carbocycles. The van der Waals surface area contributed by atoms with E-state index in [1.54, 1.807) is 0 Å². The highest BCUT2D eigenvalue weighted by Gasteiger charge is 2.08. The molecule has 1 unspecified atom stereocenters. The number of hydrogen-bond acceptors (Lipinski definition) is 4. The fourth-order valence-electron chi connectivity index (χ4n) is 3.25. The van der Waals surface area contributed by atoms with E-state index >= 15 is 0 Å². The molecule has 0 aliphatic carbocycles. The molecule has 0 saturated heterocycles. The van der Waals surface area contributed by atoms with Gasteiger partial charge in [0.2, 0.25) is 0 Å². The van der Waals surface area contributed by atoms with Gasteiger partial charge in [0.1, 0.15) is 12.7 Å². The maximum Gasteiger partial charge on any atom is 0.330 e. The van der Waals surface area contributed by atoms with Gasteiger partial charge < -0.3 is 14.9 Å². The number of esters is 1. The summed E-state index contributed by atoms with van der Waals surface area (Å²) in [6.07, 6.45) is 11.7. The van der Waals surface area contributed by atoms with Crippen LogP contribution >= 0.6 is 0 Å². The Morgan fingerprint density at radius 3 is 1.96 bits per heavy atom. The van der Waals surface area contributed by atoms with Crippen molar-refractivity contribution >= 4 is 5.97 Å². The summed E-state index contributed by atoms with van der Waals surface area (Å²) in [4.78, 5) is 11.6. The Hall–Kier alpha value is -0.870. The molecule has 3 atom stereocenters. The van der Waals surface area contributed by atoms with Crippen LogP contribution in [0.15, 0.2) is 11.6 Å². The van der Waals surface area contributed by atoms with Gasteiger partial charge in [0.05, 0.1) is 6.61 Å². The number of carbonyl (C=O) groups is 1. The van der Waals surface area contributed by atoms with Crippen molar-refractivity contribution in [1.82, 2.24) is 0 Å². The Morgan fingerprint density at radius 1 is 0.926 bits per heavy atom. The van der Waals surface area contributed by atoms with Crippen LogP contribution in [0.5, 0.6) is 0 Å². The average Bonchev–Trinajstić information content (AvgIpc) is 2.59. The van der Waals surface area contributed by atoms with E-state index in [1.165, 1.54) is 51.0 Å². The second-order valence-electron chi connectivity index (χ2n) is 8.82. The lowest BCUT2D eigenvalue weighted by Crippen LogP contribution is -2.21. The highest BCUT2D eigenvalue weighted by Crippen LogP contribution is 2.22. The molecule has 0 aromatic rings. The standard InChI is InChI=1S/C23H44O4/c1-18(2)9-6-10-19(3)11-7-12-20(4)13-8-14-21(5)15-23(26)27-17-22(25)16-24/h15,18-20,22,24-25H,6-14,16-17H2,1-5H3/b21-15+/t19-,20-,22?/m1/s1. The van der Waals surface area contributed by atoms with Gasteiger partial charge in [-0.05, 0) is 37.5 Å². The van der Waals surface area contributed by atoms with Gasteiger partial charge in [-0.2, -0.15) is 0 Å². The van der Waals surface area contributed by atoms with Gasteiger partial charge in [0, 0.05) is 6.08 Å². The molecule has 0 aromatic heterocycles. The van der Waals surface area contributed by atoms with Gasteiger partial charge >= 0.3 is 5.97 Å². The third-order valence-electron chi connectivity index (χ3n) is 5.13. The van der Waals surface area contributed by atoms with Crippen LogP contribution in [0.4, 0.5) is 0 Å². The number of hydrogen-bond donors (Lipinski definition) is 2. The summed E-state index contributed by atoms with van der Waals surface area (Å²) in [5.74, 6) is 1.95. The first-order valence-electron chi connectivity index (χ1n) is 10.9. The summed E-state index contributed by atoms with van der Waals surface area (Å²) >= 11 is 0. The molecular formula is C23H44O4. The van der Waals surface area contributed by atoms with Crippen LogP contribution < -0.4 is 0 Å². The smallest absolute Gasteiger partial charge is 0.330 e. The van der Waals surface area contributed by atoms with Crippen LogP contribution in [0, 0.1) is 17.8 Å². The molecular weight excluding hydrogens is 340 g/mol. The molecule has 0 radical (unpaired) electrons. The Morgan fingerprint density at radius 2 is 1.44 bits per heavy atom. The molecule has 0 heterocycles. The SMILES string of the molecule is C/C(=C\C(=O)OCC(O)CO)CCC[C@H](C)CCC[C@H](C)CCCC(C)C. The second kappa shape index (κ2) is 16.1. The molecule has 4 nitrogen and oxygen atoms in total. The molecule has 2 N–H and O–H groups in total. The number of ether oxygens (including phenoxy) is 1. The highest BCUT2D eigenvalue weighted by atomic mass is 16.5. The van der Waals surface area contributed by atoms with E-state index in [0.717, 1.165) is 36.2 Å². The molecule has 0 amide bonds. The lowest BCUT2D eigenvalue weighted by molar-refractivity contribution is -0.141. The maximum atomic E-state index is 11.6. The quantitative estimate of drug-likeness (QED) is 0.281. The van der Waals surface area contributed by atoms with E-state index in [2.05, 4.69) is 27.7 Å². The van der Waals surface area contributed by atoms with Gasteiger partial charge in [0.15, 0.2) is 0 Å². The van der Waals surface area contributed by atoms with E-state index < -0.39 is 18.7 Å². The minimum atomic E-state index is -0.999. The third kappa shape index (κ3) is 17.0. The first-order valence-corrected chi connectivity index (χ1v) is 10.9. The average molecular weight is 385 g/mol. The van der Waals surface area contributed by atoms with Crippen molar-refractivity contribution in [2.24, 2.45) is 17.8 Å². The largest absolute Gasteiger partial charge is 0.460 e. The normalized spacial score (nSPS) is 15.6. The van der Waals surface area contributed by atoms with Crippen LogP contribution in [0.25, 0.3) is 0 Å². The van der Waals surface area contributed by atoms with Crippen molar-refractivity contribution in [1.29, 1.82) is 0 Å². The zero-order valence-corrected chi connectivity index (χ0v) is 18.4. The fraction of sp³-hybridized carbons (Fsp3) is 0.870. The molecule has 27 heavy (non-hydrogen) atoms. The van der Waals surface area contributed by atoms with Gasteiger partial charge in [-0.3, -0.25) is 0 Å². The van der Waals surface area contributed by atoms with Crippen LogP contribution in [-0.2, 0) is 9.53 Å². The number of rotatable bonds is 16. The molecule has 0 fully saturated rings. The minimum Gasteiger partial charge on any atom is -0.460 e. The molecule has 0 aromatic carbocycles. The molecule has 160 valence electrons. The lowest BCUT2D eigenvalue weighted by atomic mass is 9.91. The summed E-state index contributed by atoms with van der Waals surface area (Å²) in [6.45, 7) is 10.7. The van der Waals surface area contributed by atoms with Gasteiger partial charge in [-0.25, -0.2) is 4.79 Å². The zero-order chi connectivity index (χ0) is 20.7. The molecule has 0 rings (SSSR count). The first-order chi connectivity index (χ1) is 12.7. The van der Waals surface area contributed by atoms with Crippen molar-refractivity contribution < 1.29 is 19.7 Å². The van der Waals surface area contributed by atoms with Gasteiger partial charge in [0.25, 0.3) is 0 Å². The first kappa shape index (κ1) is 26.1. The predicted molar refractivity (Wildman–Crippen MR) is 113 cm³/mol. The van der Waals surface area contributed by atoms with Crippen molar-refractivity contribution in [3.63, 3.8) is 0 Å². The summed E-state index contributed by atoms with van der Waals surface area (Å²) in [7, 11) is 0. The van der Waals surface area contributed by atoms with Crippen LogP contribution in [0.1, 0.15) is 92.4 Å². The van der Waals surface area contributed by atoms with Gasteiger partial charge in [-0.1, -0.05) is 78.2 Å². The topological polar surface area (TPSA) is 66.8 Å².